The lowest BCUT2D eigenvalue weighted by Crippen LogP contribution is -2.64. The van der Waals surface area contributed by atoms with Gasteiger partial charge in [0, 0.05) is 31.6 Å². The first-order valence-corrected chi connectivity index (χ1v) is 14.7. The molecule has 0 aromatic heterocycles. The van der Waals surface area contributed by atoms with Gasteiger partial charge < -0.3 is 34.3 Å². The fraction of sp³-hybridized carbons (Fsp3) is 0.467. The van der Waals surface area contributed by atoms with E-state index in [1.54, 1.807) is 19.1 Å². The van der Waals surface area contributed by atoms with Crippen LogP contribution in [-0.2, 0) is 52.5 Å². The maximum absolute atomic E-state index is 13.8. The van der Waals surface area contributed by atoms with Crippen molar-refractivity contribution in [2.24, 2.45) is 0 Å². The number of esters is 3. The van der Waals surface area contributed by atoms with E-state index in [-0.39, 0.29) is 13.1 Å². The number of ether oxygens (including phenoxy) is 5. The fourth-order valence-corrected chi connectivity index (χ4v) is 5.31. The van der Waals surface area contributed by atoms with Gasteiger partial charge in [0.25, 0.3) is 6.47 Å². The van der Waals surface area contributed by atoms with Gasteiger partial charge in [-0.2, -0.15) is 13.2 Å². The lowest BCUT2D eigenvalue weighted by Gasteiger charge is -2.47. The number of hydrogen-bond donors (Lipinski definition) is 2. The summed E-state index contributed by atoms with van der Waals surface area (Å²) in [6.45, 7) is 12.9. The number of alkyl halides is 3. The van der Waals surface area contributed by atoms with E-state index in [1.807, 2.05) is 0 Å². The molecular weight excluding hydrogens is 653 g/mol. The Hall–Kier alpha value is -4.38. The second-order valence-electron chi connectivity index (χ2n) is 9.76. The van der Waals surface area contributed by atoms with E-state index in [1.165, 1.54) is 23.5 Å². The Morgan fingerprint density at radius 2 is 1.83 bits per heavy atom. The summed E-state index contributed by atoms with van der Waals surface area (Å²) in [5.41, 5.74) is 0.365. The van der Waals surface area contributed by atoms with Crippen molar-refractivity contribution in [3.63, 3.8) is 0 Å². The van der Waals surface area contributed by atoms with E-state index in [0.29, 0.717) is 10.5 Å². The Kier molecular flexibility index (Phi) is 16.7. The lowest BCUT2D eigenvalue weighted by atomic mass is 9.91. The summed E-state index contributed by atoms with van der Waals surface area (Å²) < 4.78 is 65.4. The van der Waals surface area contributed by atoms with Gasteiger partial charge in [-0.1, -0.05) is 61.9 Å². The summed E-state index contributed by atoms with van der Waals surface area (Å²) >= 11 is 0.823. The molecule has 0 aromatic carbocycles. The molecule has 47 heavy (non-hydrogen) atoms. The smallest absolute Gasteiger partial charge is 0.464 e. The largest absolute Gasteiger partial charge is 0.471 e. The third kappa shape index (κ3) is 13.9. The first-order chi connectivity index (χ1) is 22.0. The molecule has 0 aliphatic carbocycles. The second-order valence-corrected chi connectivity index (χ2v) is 11.1. The van der Waals surface area contributed by atoms with Gasteiger partial charge in [-0.05, 0) is 12.5 Å². The topological polar surface area (TPSA) is 173 Å². The van der Waals surface area contributed by atoms with Crippen molar-refractivity contribution in [1.29, 1.82) is 0 Å². The number of carbonyl (C=O) groups is 6. The van der Waals surface area contributed by atoms with Crippen LogP contribution in [0.5, 0.6) is 0 Å². The van der Waals surface area contributed by atoms with Gasteiger partial charge in [-0.3, -0.25) is 24.0 Å². The second kappa shape index (κ2) is 19.3. The molecule has 4 unspecified atom stereocenters. The molecule has 260 valence electrons. The number of thioether (sulfide) groups is 1. The molecule has 1 fully saturated rings. The predicted octanol–water partition coefficient (Wildman–Crippen LogP) is 2.73. The van der Waals surface area contributed by atoms with Gasteiger partial charge in [-0.15, -0.1) is 0 Å². The number of carbonyl (C=O) groups excluding carboxylic acids is 6. The summed E-state index contributed by atoms with van der Waals surface area (Å²) in [5.74, 6) is -6.19. The maximum atomic E-state index is 13.8. The molecule has 1 heterocycles. The summed E-state index contributed by atoms with van der Waals surface area (Å²) in [4.78, 5) is 71.3. The van der Waals surface area contributed by atoms with Crippen molar-refractivity contribution >= 4 is 48.0 Å². The highest BCUT2D eigenvalue weighted by Crippen LogP contribution is 2.45. The van der Waals surface area contributed by atoms with Crippen LogP contribution in [0.15, 0.2) is 60.6 Å². The highest BCUT2D eigenvalue weighted by molar-refractivity contribution is 8.05. The van der Waals surface area contributed by atoms with Crippen LogP contribution < -0.4 is 10.6 Å². The van der Waals surface area contributed by atoms with Crippen LogP contribution in [0, 0.1) is 0 Å². The van der Waals surface area contributed by atoms with E-state index in [9.17, 15) is 41.9 Å². The van der Waals surface area contributed by atoms with Crippen molar-refractivity contribution in [2.75, 3.05) is 19.8 Å². The van der Waals surface area contributed by atoms with Gasteiger partial charge in [0.1, 0.15) is 25.4 Å². The highest BCUT2D eigenvalue weighted by atomic mass is 32.2. The van der Waals surface area contributed by atoms with Crippen molar-refractivity contribution in [1.82, 2.24) is 10.6 Å². The summed E-state index contributed by atoms with van der Waals surface area (Å²) in [7, 11) is 0. The first-order valence-electron chi connectivity index (χ1n) is 13.9. The van der Waals surface area contributed by atoms with Crippen LogP contribution in [0.25, 0.3) is 0 Å². The molecule has 0 bridgehead atoms. The van der Waals surface area contributed by atoms with E-state index in [4.69, 9.17) is 23.7 Å². The first kappa shape index (κ1) is 40.6. The monoisotopic (exact) mass is 690 g/mol. The third-order valence-electron chi connectivity index (χ3n) is 6.04. The van der Waals surface area contributed by atoms with Gasteiger partial charge in [0.05, 0.1) is 18.7 Å². The number of nitrogens with one attached hydrogen (secondary N) is 2. The minimum Gasteiger partial charge on any atom is -0.464 e. The zero-order valence-corrected chi connectivity index (χ0v) is 26.8. The number of halogens is 3. The van der Waals surface area contributed by atoms with Crippen LogP contribution in [0.3, 0.4) is 0 Å². The van der Waals surface area contributed by atoms with Crippen LogP contribution in [0.2, 0.25) is 0 Å². The molecule has 1 aliphatic rings. The van der Waals surface area contributed by atoms with Crippen molar-refractivity contribution < 1.29 is 65.6 Å². The average Bonchev–Trinajstić information content (AvgIpc) is 2.99. The van der Waals surface area contributed by atoms with Gasteiger partial charge in [0.15, 0.2) is 0 Å². The Bertz CT molecular complexity index is 1270. The molecule has 1 aliphatic heterocycles. The molecule has 1 saturated heterocycles. The summed E-state index contributed by atoms with van der Waals surface area (Å²) in [6.07, 6.45) is -2.68. The molecule has 2 amide bonds. The van der Waals surface area contributed by atoms with Gasteiger partial charge in [-0.25, -0.2) is 4.79 Å². The predicted molar refractivity (Wildman–Crippen MR) is 162 cm³/mol. The molecule has 0 spiro atoms. The van der Waals surface area contributed by atoms with Crippen molar-refractivity contribution in [3.05, 3.63) is 60.6 Å². The maximum Gasteiger partial charge on any atom is 0.471 e. The molecule has 1 rings (SSSR count). The third-order valence-corrected chi connectivity index (χ3v) is 7.44. The number of allylic oxidation sites excluding steroid dienone is 4. The fourth-order valence-electron chi connectivity index (χ4n) is 4.16. The number of amides is 2. The van der Waals surface area contributed by atoms with Crippen LogP contribution in [0.4, 0.5) is 13.2 Å². The molecule has 2 N–H and O–H groups in total. The van der Waals surface area contributed by atoms with E-state index < -0.39 is 91.2 Å². The van der Waals surface area contributed by atoms with Crippen LogP contribution in [-0.4, -0.2) is 91.4 Å². The minimum atomic E-state index is -5.27. The molecular formula is C30H37F3N2O11S. The zero-order valence-electron chi connectivity index (χ0n) is 26.0. The Morgan fingerprint density at radius 3 is 2.36 bits per heavy atom. The Labute approximate surface area is 273 Å². The zero-order chi connectivity index (χ0) is 35.8. The van der Waals surface area contributed by atoms with Crippen molar-refractivity contribution in [2.45, 2.75) is 69.1 Å². The molecule has 0 saturated carbocycles. The minimum absolute atomic E-state index is 0.0794. The molecule has 5 atom stereocenters. The average molecular weight is 691 g/mol. The molecule has 0 aromatic rings. The number of hydrogen-bond acceptors (Lipinski definition) is 12. The SMILES string of the molecule is C=C/C=C\C(=C)COC(=O)C1(S/C(C=C)=C/C)C[C@@H](OC(C)=O)C(NC(=O)CNC(=O)C(F)(F)F)C(CC(COC=O)OC(C)=O)O1. The quantitative estimate of drug-likeness (QED) is 0.0934. The van der Waals surface area contributed by atoms with E-state index >= 15 is 0 Å². The van der Waals surface area contributed by atoms with E-state index in [0.717, 1.165) is 25.6 Å². The van der Waals surface area contributed by atoms with Crippen LogP contribution in [0.1, 0.15) is 33.6 Å². The van der Waals surface area contributed by atoms with Gasteiger partial charge in [0.2, 0.25) is 10.8 Å². The molecule has 17 heteroatoms. The van der Waals surface area contributed by atoms with Gasteiger partial charge >= 0.3 is 30.0 Å². The van der Waals surface area contributed by atoms with E-state index in [2.05, 4.69) is 25.1 Å². The standard InChI is InChI=1S/C30H37F3N2O11S/c1-7-10-11-18(4)15-43-28(41)29(47-22(8-2)9-3)13-24(45-20(6)38)26(35-25(39)14-34-27(40)30(31,32)33)23(46-29)12-21(16-42-17-36)44-19(5)37/h7-11,17,21,23-24,26H,1-2,4,12-16H2,3,5-6H3,(H,34,40)(H,35,39)/b11-10-,22-9+/t21?,23?,24-,26?,29?/m1/s1. The number of rotatable bonds is 18. The summed E-state index contributed by atoms with van der Waals surface area (Å²) in [5, 5.41) is 3.80. The van der Waals surface area contributed by atoms with Crippen LogP contribution >= 0.6 is 11.8 Å². The Balaban J connectivity index is 3.70. The molecule has 13 nitrogen and oxygen atoms in total. The van der Waals surface area contributed by atoms with Crippen molar-refractivity contribution in [3.8, 4) is 0 Å². The molecule has 0 radical (unpaired) electrons. The Morgan fingerprint density at radius 1 is 1.15 bits per heavy atom. The summed E-state index contributed by atoms with van der Waals surface area (Å²) in [6, 6.07) is -1.41. The highest BCUT2D eigenvalue weighted by Gasteiger charge is 2.56. The normalized spacial score (nSPS) is 21.8. The lowest BCUT2D eigenvalue weighted by molar-refractivity contribution is -0.197.